The Morgan fingerprint density at radius 2 is 1.81 bits per heavy atom. The minimum Gasteiger partial charge on any atom is -0.493 e. The molecule has 2 aromatic rings. The van der Waals surface area contributed by atoms with Crippen molar-refractivity contribution in [1.82, 2.24) is 0 Å². The lowest BCUT2D eigenvalue weighted by atomic mass is 10.2. The van der Waals surface area contributed by atoms with Gasteiger partial charge in [0.2, 0.25) is 5.91 Å². The Labute approximate surface area is 163 Å². The van der Waals surface area contributed by atoms with Crippen LogP contribution >= 0.6 is 11.8 Å². The third kappa shape index (κ3) is 5.65. The Hall–Kier alpha value is -2.67. The summed E-state index contributed by atoms with van der Waals surface area (Å²) in [6, 6.07) is 12.2. The van der Waals surface area contributed by atoms with Gasteiger partial charge in [-0.1, -0.05) is 6.07 Å². The van der Waals surface area contributed by atoms with E-state index >= 15 is 0 Å². The highest BCUT2D eigenvalue weighted by atomic mass is 32.2. The number of methoxy groups -OCH3 is 2. The lowest BCUT2D eigenvalue weighted by Gasteiger charge is -2.14. The van der Waals surface area contributed by atoms with Crippen LogP contribution in [0.4, 0.5) is 5.69 Å². The zero-order chi connectivity index (χ0) is 19.8. The van der Waals surface area contributed by atoms with Gasteiger partial charge in [-0.3, -0.25) is 4.79 Å². The Kier molecular flexibility index (Phi) is 7.55. The molecule has 144 valence electrons. The number of esters is 1. The summed E-state index contributed by atoms with van der Waals surface area (Å²) in [4.78, 5) is 25.2. The quantitative estimate of drug-likeness (QED) is 0.543. The third-order valence-electron chi connectivity index (χ3n) is 3.68. The zero-order valence-corrected chi connectivity index (χ0v) is 16.6. The van der Waals surface area contributed by atoms with E-state index in [2.05, 4.69) is 5.32 Å². The number of carbonyl (C=O) groups excluding carboxylic acids is 2. The third-order valence-corrected chi connectivity index (χ3v) is 4.77. The van der Waals surface area contributed by atoms with Crippen molar-refractivity contribution in [3.8, 4) is 11.5 Å². The SMILES string of the molecule is CCOC(=O)c1cccc(NC(=O)C(C)Sc2ccc(OC)c(OC)c2)c1. The normalized spacial score (nSPS) is 11.4. The molecule has 7 heteroatoms. The Morgan fingerprint density at radius 3 is 2.48 bits per heavy atom. The van der Waals surface area contributed by atoms with Gasteiger partial charge in [-0.05, 0) is 50.2 Å². The van der Waals surface area contributed by atoms with Crippen molar-refractivity contribution in [2.45, 2.75) is 24.0 Å². The van der Waals surface area contributed by atoms with E-state index in [1.807, 2.05) is 19.1 Å². The second-order valence-corrected chi connectivity index (χ2v) is 6.98. The van der Waals surface area contributed by atoms with Gasteiger partial charge in [0.05, 0.1) is 31.6 Å². The molecule has 0 heterocycles. The summed E-state index contributed by atoms with van der Waals surface area (Å²) in [5.74, 6) is 0.657. The second kappa shape index (κ2) is 9.87. The van der Waals surface area contributed by atoms with Crippen molar-refractivity contribution >= 4 is 29.3 Å². The van der Waals surface area contributed by atoms with E-state index in [0.717, 1.165) is 4.90 Å². The summed E-state index contributed by atoms with van der Waals surface area (Å²) in [6.07, 6.45) is 0. The van der Waals surface area contributed by atoms with Crippen LogP contribution in [0.15, 0.2) is 47.4 Å². The molecule has 1 unspecified atom stereocenters. The van der Waals surface area contributed by atoms with Crippen LogP contribution in [0.25, 0.3) is 0 Å². The summed E-state index contributed by atoms with van der Waals surface area (Å²) in [7, 11) is 3.14. The molecular weight excluding hydrogens is 366 g/mol. The number of thioether (sulfide) groups is 1. The van der Waals surface area contributed by atoms with Crippen molar-refractivity contribution in [2.24, 2.45) is 0 Å². The molecule has 0 fully saturated rings. The minimum atomic E-state index is -0.415. The van der Waals surface area contributed by atoms with Gasteiger partial charge in [0.25, 0.3) is 0 Å². The van der Waals surface area contributed by atoms with E-state index in [4.69, 9.17) is 14.2 Å². The highest BCUT2D eigenvalue weighted by Crippen LogP contribution is 2.33. The van der Waals surface area contributed by atoms with Crippen LogP contribution in [-0.4, -0.2) is 38.0 Å². The molecule has 2 aromatic carbocycles. The van der Waals surface area contributed by atoms with Gasteiger partial charge in [-0.15, -0.1) is 11.8 Å². The molecule has 1 atom stereocenters. The number of rotatable bonds is 8. The van der Waals surface area contributed by atoms with Crippen molar-refractivity contribution in [3.05, 3.63) is 48.0 Å². The molecule has 0 radical (unpaired) electrons. The molecule has 0 aliphatic heterocycles. The minimum absolute atomic E-state index is 0.171. The van der Waals surface area contributed by atoms with Crippen LogP contribution in [0.5, 0.6) is 11.5 Å². The molecule has 0 bridgehead atoms. The van der Waals surface area contributed by atoms with E-state index < -0.39 is 5.97 Å². The first kappa shape index (κ1) is 20.6. The van der Waals surface area contributed by atoms with Gasteiger partial charge in [0.15, 0.2) is 11.5 Å². The Morgan fingerprint density at radius 1 is 1.07 bits per heavy atom. The van der Waals surface area contributed by atoms with E-state index in [0.29, 0.717) is 29.4 Å². The fourth-order valence-corrected chi connectivity index (χ4v) is 3.23. The molecule has 0 saturated heterocycles. The summed E-state index contributed by atoms with van der Waals surface area (Å²) >= 11 is 1.40. The van der Waals surface area contributed by atoms with E-state index in [-0.39, 0.29) is 11.2 Å². The molecule has 0 spiro atoms. The fraction of sp³-hybridized carbons (Fsp3) is 0.300. The maximum atomic E-state index is 12.5. The summed E-state index contributed by atoms with van der Waals surface area (Å²) < 4.78 is 15.5. The molecule has 0 saturated carbocycles. The van der Waals surface area contributed by atoms with E-state index in [1.54, 1.807) is 51.5 Å². The molecule has 27 heavy (non-hydrogen) atoms. The Balaban J connectivity index is 2.04. The smallest absolute Gasteiger partial charge is 0.338 e. The van der Waals surface area contributed by atoms with Crippen LogP contribution < -0.4 is 14.8 Å². The monoisotopic (exact) mass is 389 g/mol. The highest BCUT2D eigenvalue weighted by Gasteiger charge is 2.17. The van der Waals surface area contributed by atoms with Gasteiger partial charge < -0.3 is 19.5 Å². The summed E-state index contributed by atoms with van der Waals surface area (Å²) in [5.41, 5.74) is 0.945. The van der Waals surface area contributed by atoms with Crippen LogP contribution in [-0.2, 0) is 9.53 Å². The topological polar surface area (TPSA) is 73.9 Å². The van der Waals surface area contributed by atoms with Crippen LogP contribution in [0.1, 0.15) is 24.2 Å². The second-order valence-electron chi connectivity index (χ2n) is 5.57. The maximum Gasteiger partial charge on any atom is 0.338 e. The molecular formula is C20H23NO5S. The predicted octanol–water partition coefficient (Wildman–Crippen LogP) is 4.00. The number of carbonyl (C=O) groups is 2. The van der Waals surface area contributed by atoms with Crippen molar-refractivity contribution in [1.29, 1.82) is 0 Å². The standard InChI is InChI=1S/C20H23NO5S/c1-5-26-20(23)14-7-6-8-15(11-14)21-19(22)13(2)27-16-9-10-17(24-3)18(12-16)25-4/h6-13H,5H2,1-4H3,(H,21,22). The Bertz CT molecular complexity index is 809. The van der Waals surface area contributed by atoms with Crippen LogP contribution in [0, 0.1) is 0 Å². The molecule has 0 aliphatic rings. The molecule has 1 amide bonds. The van der Waals surface area contributed by atoms with Crippen molar-refractivity contribution in [3.63, 3.8) is 0 Å². The number of benzene rings is 2. The average Bonchev–Trinajstić information content (AvgIpc) is 2.68. The first-order valence-corrected chi connectivity index (χ1v) is 9.33. The highest BCUT2D eigenvalue weighted by molar-refractivity contribution is 8.00. The van der Waals surface area contributed by atoms with Gasteiger partial charge in [0.1, 0.15) is 0 Å². The number of hydrogen-bond acceptors (Lipinski definition) is 6. The van der Waals surface area contributed by atoms with Crippen LogP contribution in [0.3, 0.4) is 0 Å². The fourth-order valence-electron chi connectivity index (χ4n) is 2.33. The van der Waals surface area contributed by atoms with Gasteiger partial charge in [-0.25, -0.2) is 4.79 Å². The molecule has 0 aromatic heterocycles. The van der Waals surface area contributed by atoms with Crippen molar-refractivity contribution in [2.75, 3.05) is 26.1 Å². The van der Waals surface area contributed by atoms with Gasteiger partial charge in [-0.2, -0.15) is 0 Å². The average molecular weight is 389 g/mol. The van der Waals surface area contributed by atoms with E-state index in [1.165, 1.54) is 11.8 Å². The number of hydrogen-bond donors (Lipinski definition) is 1. The first-order chi connectivity index (χ1) is 13.0. The zero-order valence-electron chi connectivity index (χ0n) is 15.8. The van der Waals surface area contributed by atoms with Crippen LogP contribution in [0.2, 0.25) is 0 Å². The van der Waals surface area contributed by atoms with Gasteiger partial charge >= 0.3 is 5.97 Å². The lowest BCUT2D eigenvalue weighted by Crippen LogP contribution is -2.22. The molecule has 1 N–H and O–H groups in total. The van der Waals surface area contributed by atoms with Gasteiger partial charge in [0, 0.05) is 10.6 Å². The summed E-state index contributed by atoms with van der Waals surface area (Å²) in [6.45, 7) is 3.86. The predicted molar refractivity (Wildman–Crippen MR) is 106 cm³/mol. The van der Waals surface area contributed by atoms with Crippen molar-refractivity contribution < 1.29 is 23.8 Å². The number of nitrogens with one attached hydrogen (secondary N) is 1. The molecule has 2 rings (SSSR count). The first-order valence-electron chi connectivity index (χ1n) is 8.45. The summed E-state index contributed by atoms with van der Waals surface area (Å²) in [5, 5.41) is 2.47. The maximum absolute atomic E-state index is 12.5. The van der Waals surface area contributed by atoms with E-state index in [9.17, 15) is 9.59 Å². The number of anilines is 1. The number of amides is 1. The largest absolute Gasteiger partial charge is 0.493 e. The number of ether oxygens (including phenoxy) is 3. The lowest BCUT2D eigenvalue weighted by molar-refractivity contribution is -0.115. The molecule has 0 aliphatic carbocycles. The molecule has 6 nitrogen and oxygen atoms in total.